The Bertz CT molecular complexity index is 364. The predicted molar refractivity (Wildman–Crippen MR) is 46.7 cm³/mol. The number of aromatic nitrogens is 1. The Morgan fingerprint density at radius 3 is 3.18 bits per heavy atom. The molecular formula is C9H7ClN. The maximum Gasteiger partial charge on any atom is 0.0630 e. The third-order valence-electron chi connectivity index (χ3n) is 1.76. The van der Waals surface area contributed by atoms with Gasteiger partial charge in [-0.05, 0) is 17.7 Å². The quantitative estimate of drug-likeness (QED) is 0.624. The van der Waals surface area contributed by atoms with Crippen molar-refractivity contribution in [2.24, 2.45) is 0 Å². The SMILES string of the molecule is ClCc1cccc2[nH][c]cc12. The van der Waals surface area contributed by atoms with Gasteiger partial charge in [-0.1, -0.05) is 12.1 Å². The molecule has 0 amide bonds. The lowest BCUT2D eigenvalue weighted by molar-refractivity contribution is 1.43. The topological polar surface area (TPSA) is 15.8 Å². The van der Waals surface area contributed by atoms with Gasteiger partial charge in [0.1, 0.15) is 0 Å². The molecule has 0 fully saturated rings. The van der Waals surface area contributed by atoms with Crippen molar-refractivity contribution in [2.75, 3.05) is 0 Å². The Morgan fingerprint density at radius 1 is 1.45 bits per heavy atom. The molecule has 1 N–H and O–H groups in total. The first-order valence-electron chi connectivity index (χ1n) is 3.44. The van der Waals surface area contributed by atoms with Crippen molar-refractivity contribution in [3.8, 4) is 0 Å². The summed E-state index contributed by atoms with van der Waals surface area (Å²) in [5.74, 6) is 0.559. The normalized spacial score (nSPS) is 10.6. The van der Waals surface area contributed by atoms with Crippen molar-refractivity contribution in [3.63, 3.8) is 0 Å². The van der Waals surface area contributed by atoms with Crippen LogP contribution in [0.2, 0.25) is 0 Å². The van der Waals surface area contributed by atoms with Crippen molar-refractivity contribution in [1.82, 2.24) is 4.98 Å². The van der Waals surface area contributed by atoms with E-state index in [2.05, 4.69) is 11.2 Å². The number of nitrogens with one attached hydrogen (secondary N) is 1. The number of alkyl halides is 1. The standard InChI is InChI=1S/C9H7ClN/c10-6-7-2-1-3-9-8(7)4-5-11-9/h1-4,11H,6H2. The molecule has 11 heavy (non-hydrogen) atoms. The Morgan fingerprint density at radius 2 is 2.36 bits per heavy atom. The fourth-order valence-corrected chi connectivity index (χ4v) is 1.43. The Balaban J connectivity index is 2.79. The first-order valence-corrected chi connectivity index (χ1v) is 3.98. The molecule has 2 heteroatoms. The van der Waals surface area contributed by atoms with Gasteiger partial charge in [0.2, 0.25) is 0 Å². The highest BCUT2D eigenvalue weighted by atomic mass is 35.5. The first kappa shape index (κ1) is 6.74. The Hall–Kier alpha value is -0.950. The van der Waals surface area contributed by atoms with Crippen molar-refractivity contribution in [3.05, 3.63) is 36.0 Å². The van der Waals surface area contributed by atoms with Gasteiger partial charge in [0, 0.05) is 16.8 Å². The fourth-order valence-electron chi connectivity index (χ4n) is 1.20. The monoisotopic (exact) mass is 164 g/mol. The largest absolute Gasteiger partial charge is 0.353 e. The lowest BCUT2D eigenvalue weighted by atomic mass is 10.1. The summed E-state index contributed by atoms with van der Waals surface area (Å²) >= 11 is 5.74. The van der Waals surface area contributed by atoms with E-state index in [1.165, 1.54) is 5.39 Å². The number of hydrogen-bond donors (Lipinski definition) is 1. The summed E-state index contributed by atoms with van der Waals surface area (Å²) in [6, 6.07) is 7.95. The van der Waals surface area contributed by atoms with Crippen LogP contribution in [0.1, 0.15) is 5.56 Å². The molecule has 55 valence electrons. The summed E-state index contributed by atoms with van der Waals surface area (Å²) in [6.45, 7) is 0. The maximum absolute atomic E-state index is 5.74. The van der Waals surface area contributed by atoms with Crippen molar-refractivity contribution < 1.29 is 0 Å². The first-order chi connectivity index (χ1) is 5.42. The van der Waals surface area contributed by atoms with E-state index >= 15 is 0 Å². The molecule has 2 aromatic rings. The molecule has 0 bridgehead atoms. The Kier molecular flexibility index (Phi) is 1.59. The average Bonchev–Trinajstić information content (AvgIpc) is 2.50. The van der Waals surface area contributed by atoms with Gasteiger partial charge in [0.25, 0.3) is 0 Å². The Labute approximate surface area is 70.0 Å². The predicted octanol–water partition coefficient (Wildman–Crippen LogP) is 2.71. The molecule has 0 aliphatic heterocycles. The van der Waals surface area contributed by atoms with Crippen molar-refractivity contribution in [1.29, 1.82) is 0 Å². The van der Waals surface area contributed by atoms with Crippen LogP contribution < -0.4 is 0 Å². The van der Waals surface area contributed by atoms with E-state index < -0.39 is 0 Å². The average molecular weight is 165 g/mol. The van der Waals surface area contributed by atoms with Crippen LogP contribution in [0, 0.1) is 6.20 Å². The fraction of sp³-hybridized carbons (Fsp3) is 0.111. The van der Waals surface area contributed by atoms with Crippen LogP contribution in [0.3, 0.4) is 0 Å². The molecule has 0 saturated heterocycles. The van der Waals surface area contributed by atoms with Gasteiger partial charge in [-0.15, -0.1) is 11.6 Å². The molecule has 0 spiro atoms. The second-order valence-electron chi connectivity index (χ2n) is 2.43. The van der Waals surface area contributed by atoms with Crippen LogP contribution in [0.4, 0.5) is 0 Å². The van der Waals surface area contributed by atoms with Crippen LogP contribution in [-0.4, -0.2) is 4.98 Å². The van der Waals surface area contributed by atoms with E-state index in [1.54, 1.807) is 0 Å². The minimum atomic E-state index is 0.559. The molecule has 1 aromatic carbocycles. The van der Waals surface area contributed by atoms with Crippen LogP contribution in [0.15, 0.2) is 24.3 Å². The van der Waals surface area contributed by atoms with E-state index in [0.717, 1.165) is 11.1 Å². The molecule has 0 unspecified atom stereocenters. The molecular weight excluding hydrogens is 158 g/mol. The zero-order valence-corrected chi connectivity index (χ0v) is 6.65. The summed E-state index contributed by atoms with van der Waals surface area (Å²) in [6.07, 6.45) is 2.93. The van der Waals surface area contributed by atoms with E-state index in [0.29, 0.717) is 5.88 Å². The van der Waals surface area contributed by atoms with E-state index in [-0.39, 0.29) is 0 Å². The number of benzene rings is 1. The molecule has 1 aromatic heterocycles. The van der Waals surface area contributed by atoms with Gasteiger partial charge in [-0.2, -0.15) is 0 Å². The number of hydrogen-bond acceptors (Lipinski definition) is 0. The second-order valence-corrected chi connectivity index (χ2v) is 2.69. The molecule has 2 rings (SSSR count). The molecule has 1 nitrogen and oxygen atoms in total. The molecule has 0 atom stereocenters. The molecule has 0 saturated carbocycles. The second kappa shape index (κ2) is 2.59. The van der Waals surface area contributed by atoms with Gasteiger partial charge in [0.05, 0.1) is 6.20 Å². The molecule has 1 heterocycles. The highest BCUT2D eigenvalue weighted by molar-refractivity contribution is 6.18. The number of halogens is 1. The maximum atomic E-state index is 5.74. The molecule has 0 aliphatic rings. The minimum Gasteiger partial charge on any atom is -0.353 e. The summed E-state index contributed by atoms with van der Waals surface area (Å²) in [4.78, 5) is 3.01. The van der Waals surface area contributed by atoms with Gasteiger partial charge in [0.15, 0.2) is 0 Å². The third kappa shape index (κ3) is 1.02. The van der Waals surface area contributed by atoms with Crippen LogP contribution in [0.5, 0.6) is 0 Å². The lowest BCUT2D eigenvalue weighted by Gasteiger charge is -1.95. The van der Waals surface area contributed by atoms with E-state index in [9.17, 15) is 0 Å². The smallest absolute Gasteiger partial charge is 0.0630 e. The highest BCUT2D eigenvalue weighted by Crippen LogP contribution is 2.18. The summed E-state index contributed by atoms with van der Waals surface area (Å²) in [5, 5.41) is 1.17. The zero-order chi connectivity index (χ0) is 7.68. The van der Waals surface area contributed by atoms with Crippen LogP contribution >= 0.6 is 11.6 Å². The van der Waals surface area contributed by atoms with Crippen LogP contribution in [-0.2, 0) is 5.88 Å². The lowest BCUT2D eigenvalue weighted by Crippen LogP contribution is -1.77. The number of fused-ring (bicyclic) bond motifs is 1. The van der Waals surface area contributed by atoms with E-state index in [1.807, 2.05) is 24.3 Å². The number of rotatable bonds is 1. The zero-order valence-electron chi connectivity index (χ0n) is 5.89. The van der Waals surface area contributed by atoms with Crippen molar-refractivity contribution in [2.45, 2.75) is 5.88 Å². The van der Waals surface area contributed by atoms with Gasteiger partial charge in [-0.25, -0.2) is 0 Å². The summed E-state index contributed by atoms with van der Waals surface area (Å²) in [5.41, 5.74) is 2.25. The third-order valence-corrected chi connectivity index (χ3v) is 2.05. The highest BCUT2D eigenvalue weighted by Gasteiger charge is 1.98. The van der Waals surface area contributed by atoms with Crippen LogP contribution in [0.25, 0.3) is 10.9 Å². The molecule has 1 radical (unpaired) electrons. The van der Waals surface area contributed by atoms with Gasteiger partial charge < -0.3 is 4.98 Å². The number of H-pyrrole nitrogens is 1. The van der Waals surface area contributed by atoms with Crippen molar-refractivity contribution >= 4 is 22.5 Å². The van der Waals surface area contributed by atoms with Gasteiger partial charge >= 0.3 is 0 Å². The molecule has 0 aliphatic carbocycles. The summed E-state index contributed by atoms with van der Waals surface area (Å²) < 4.78 is 0. The number of aromatic amines is 1. The van der Waals surface area contributed by atoms with Gasteiger partial charge in [-0.3, -0.25) is 0 Å². The summed E-state index contributed by atoms with van der Waals surface area (Å²) in [7, 11) is 0. The minimum absolute atomic E-state index is 0.559. The van der Waals surface area contributed by atoms with E-state index in [4.69, 9.17) is 11.6 Å².